The molecule has 2 nitrogen and oxygen atoms in total. The Bertz CT molecular complexity index is 581. The molecule has 1 atom stereocenters. The summed E-state index contributed by atoms with van der Waals surface area (Å²) in [4.78, 5) is 4.59. The molecule has 1 aromatic heterocycles. The SMILES string of the molecule is CCNC(Cc1ccccc1Br)c1ccc(C)nc1C. The van der Waals surface area contributed by atoms with Crippen LogP contribution in [0.2, 0.25) is 0 Å². The van der Waals surface area contributed by atoms with E-state index in [1.54, 1.807) is 0 Å². The Balaban J connectivity index is 2.29. The zero-order chi connectivity index (χ0) is 14.5. The molecule has 3 heteroatoms. The van der Waals surface area contributed by atoms with Gasteiger partial charge in [-0.3, -0.25) is 4.98 Å². The number of pyridine rings is 1. The Morgan fingerprint density at radius 1 is 1.15 bits per heavy atom. The summed E-state index contributed by atoms with van der Waals surface area (Å²) in [5.41, 5.74) is 4.79. The van der Waals surface area contributed by atoms with Gasteiger partial charge in [0.2, 0.25) is 0 Å². The normalized spacial score (nSPS) is 12.4. The van der Waals surface area contributed by atoms with Crippen molar-refractivity contribution in [2.45, 2.75) is 33.2 Å². The Morgan fingerprint density at radius 3 is 2.55 bits per heavy atom. The zero-order valence-electron chi connectivity index (χ0n) is 12.3. The number of nitrogens with one attached hydrogen (secondary N) is 1. The van der Waals surface area contributed by atoms with Gasteiger partial charge < -0.3 is 5.32 Å². The van der Waals surface area contributed by atoms with Crippen molar-refractivity contribution in [1.29, 1.82) is 0 Å². The molecule has 1 heterocycles. The monoisotopic (exact) mass is 332 g/mol. The van der Waals surface area contributed by atoms with Crippen molar-refractivity contribution in [2.24, 2.45) is 0 Å². The number of hydrogen-bond donors (Lipinski definition) is 1. The van der Waals surface area contributed by atoms with Gasteiger partial charge in [0.15, 0.2) is 0 Å². The molecule has 20 heavy (non-hydrogen) atoms. The third-order valence-corrected chi connectivity index (χ3v) is 4.25. The fourth-order valence-electron chi connectivity index (χ4n) is 2.49. The highest BCUT2D eigenvalue weighted by Crippen LogP contribution is 2.25. The van der Waals surface area contributed by atoms with Gasteiger partial charge >= 0.3 is 0 Å². The van der Waals surface area contributed by atoms with Gasteiger partial charge in [0.05, 0.1) is 0 Å². The summed E-state index contributed by atoms with van der Waals surface area (Å²) in [5.74, 6) is 0. The highest BCUT2D eigenvalue weighted by Gasteiger charge is 2.15. The van der Waals surface area contributed by atoms with Crippen LogP contribution in [0.25, 0.3) is 0 Å². The van der Waals surface area contributed by atoms with Crippen LogP contribution in [0.5, 0.6) is 0 Å². The van der Waals surface area contributed by atoms with Crippen LogP contribution in [0.3, 0.4) is 0 Å². The fraction of sp³-hybridized carbons (Fsp3) is 0.353. The number of aryl methyl sites for hydroxylation is 2. The molecule has 1 aromatic carbocycles. The second kappa shape index (κ2) is 7.00. The largest absolute Gasteiger partial charge is 0.310 e. The minimum Gasteiger partial charge on any atom is -0.310 e. The van der Waals surface area contributed by atoms with E-state index in [0.29, 0.717) is 6.04 Å². The minimum atomic E-state index is 0.298. The molecule has 0 saturated heterocycles. The molecule has 0 bridgehead atoms. The summed E-state index contributed by atoms with van der Waals surface area (Å²) in [7, 11) is 0. The van der Waals surface area contributed by atoms with Crippen LogP contribution in [-0.2, 0) is 6.42 Å². The fourth-order valence-corrected chi connectivity index (χ4v) is 2.93. The summed E-state index contributed by atoms with van der Waals surface area (Å²) in [6, 6.07) is 13.0. The maximum atomic E-state index is 4.59. The number of rotatable bonds is 5. The van der Waals surface area contributed by atoms with Gasteiger partial charge in [0, 0.05) is 21.9 Å². The Morgan fingerprint density at radius 2 is 1.90 bits per heavy atom. The summed E-state index contributed by atoms with van der Waals surface area (Å²) in [5, 5.41) is 3.57. The molecule has 0 aliphatic rings. The maximum Gasteiger partial charge on any atom is 0.0423 e. The zero-order valence-corrected chi connectivity index (χ0v) is 13.9. The lowest BCUT2D eigenvalue weighted by Crippen LogP contribution is -2.24. The molecule has 0 saturated carbocycles. The van der Waals surface area contributed by atoms with Crippen molar-refractivity contribution >= 4 is 15.9 Å². The van der Waals surface area contributed by atoms with Crippen LogP contribution >= 0.6 is 15.9 Å². The van der Waals surface area contributed by atoms with Gasteiger partial charge in [-0.1, -0.05) is 47.1 Å². The topological polar surface area (TPSA) is 24.9 Å². The number of nitrogens with zero attached hydrogens (tertiary/aromatic N) is 1. The highest BCUT2D eigenvalue weighted by atomic mass is 79.9. The lowest BCUT2D eigenvalue weighted by Gasteiger charge is -2.21. The maximum absolute atomic E-state index is 4.59. The van der Waals surface area contributed by atoms with E-state index in [0.717, 1.165) is 24.4 Å². The van der Waals surface area contributed by atoms with Crippen molar-refractivity contribution in [3.05, 3.63) is 63.4 Å². The summed E-state index contributed by atoms with van der Waals surface area (Å²) < 4.78 is 1.17. The number of benzene rings is 1. The molecular weight excluding hydrogens is 312 g/mol. The molecule has 0 aliphatic heterocycles. The van der Waals surface area contributed by atoms with Crippen molar-refractivity contribution in [2.75, 3.05) is 6.54 Å². The van der Waals surface area contributed by atoms with E-state index in [9.17, 15) is 0 Å². The standard InChI is InChI=1S/C17H21BrN2/c1-4-19-17(11-14-7-5-6-8-16(14)18)15-10-9-12(2)20-13(15)3/h5-10,17,19H,4,11H2,1-3H3. The molecule has 2 rings (SSSR count). The first-order valence-corrected chi connectivity index (χ1v) is 7.82. The minimum absolute atomic E-state index is 0.298. The molecule has 0 spiro atoms. The third kappa shape index (κ3) is 3.68. The molecule has 0 fully saturated rings. The molecule has 0 radical (unpaired) electrons. The number of likely N-dealkylation sites (N-methyl/N-ethyl adjacent to an activating group) is 1. The quantitative estimate of drug-likeness (QED) is 0.880. The first kappa shape index (κ1) is 15.2. The van der Waals surface area contributed by atoms with E-state index < -0.39 is 0 Å². The Labute approximate surface area is 129 Å². The first-order valence-electron chi connectivity index (χ1n) is 7.02. The van der Waals surface area contributed by atoms with E-state index in [4.69, 9.17) is 0 Å². The summed E-state index contributed by atoms with van der Waals surface area (Å²) in [6.45, 7) is 7.21. The number of halogens is 1. The molecule has 2 aromatic rings. The van der Waals surface area contributed by atoms with Crippen molar-refractivity contribution in [1.82, 2.24) is 10.3 Å². The van der Waals surface area contributed by atoms with Crippen LogP contribution in [-0.4, -0.2) is 11.5 Å². The average Bonchev–Trinajstić information content (AvgIpc) is 2.41. The Kier molecular flexibility index (Phi) is 5.32. The van der Waals surface area contributed by atoms with Gasteiger partial charge in [-0.25, -0.2) is 0 Å². The number of aromatic nitrogens is 1. The predicted molar refractivity (Wildman–Crippen MR) is 88.0 cm³/mol. The first-order chi connectivity index (χ1) is 9.61. The lowest BCUT2D eigenvalue weighted by atomic mass is 9.97. The van der Waals surface area contributed by atoms with E-state index in [1.165, 1.54) is 15.6 Å². The predicted octanol–water partition coefficient (Wildman–Crippen LogP) is 4.35. The molecule has 1 N–H and O–H groups in total. The molecular formula is C17H21BrN2. The smallest absolute Gasteiger partial charge is 0.0423 e. The van der Waals surface area contributed by atoms with Crippen LogP contribution in [0.1, 0.15) is 35.5 Å². The molecule has 0 amide bonds. The van der Waals surface area contributed by atoms with Gasteiger partial charge in [-0.15, -0.1) is 0 Å². The molecule has 0 aliphatic carbocycles. The molecule has 106 valence electrons. The van der Waals surface area contributed by atoms with Crippen molar-refractivity contribution in [3.63, 3.8) is 0 Å². The van der Waals surface area contributed by atoms with Crippen LogP contribution in [0.4, 0.5) is 0 Å². The van der Waals surface area contributed by atoms with E-state index in [-0.39, 0.29) is 0 Å². The van der Waals surface area contributed by atoms with Gasteiger partial charge in [0.1, 0.15) is 0 Å². The van der Waals surface area contributed by atoms with Crippen molar-refractivity contribution < 1.29 is 0 Å². The Hall–Kier alpha value is -1.19. The lowest BCUT2D eigenvalue weighted by molar-refractivity contribution is 0.544. The second-order valence-electron chi connectivity index (χ2n) is 5.03. The second-order valence-corrected chi connectivity index (χ2v) is 5.89. The van der Waals surface area contributed by atoms with Gasteiger partial charge in [0.25, 0.3) is 0 Å². The van der Waals surface area contributed by atoms with Crippen LogP contribution in [0, 0.1) is 13.8 Å². The number of hydrogen-bond acceptors (Lipinski definition) is 2. The van der Waals surface area contributed by atoms with E-state index in [1.807, 2.05) is 6.92 Å². The van der Waals surface area contributed by atoms with E-state index in [2.05, 4.69) is 76.5 Å². The van der Waals surface area contributed by atoms with Crippen LogP contribution < -0.4 is 5.32 Å². The van der Waals surface area contributed by atoms with Crippen LogP contribution in [0.15, 0.2) is 40.9 Å². The molecule has 1 unspecified atom stereocenters. The summed E-state index contributed by atoms with van der Waals surface area (Å²) in [6.07, 6.45) is 0.959. The summed E-state index contributed by atoms with van der Waals surface area (Å²) >= 11 is 3.64. The van der Waals surface area contributed by atoms with E-state index >= 15 is 0 Å². The van der Waals surface area contributed by atoms with Crippen molar-refractivity contribution in [3.8, 4) is 0 Å². The van der Waals surface area contributed by atoms with Gasteiger partial charge in [-0.05, 0) is 50.1 Å². The van der Waals surface area contributed by atoms with Gasteiger partial charge in [-0.2, -0.15) is 0 Å². The highest BCUT2D eigenvalue weighted by molar-refractivity contribution is 9.10. The third-order valence-electron chi connectivity index (χ3n) is 3.47. The average molecular weight is 333 g/mol.